The predicted octanol–water partition coefficient (Wildman–Crippen LogP) is 5.09. The van der Waals surface area contributed by atoms with E-state index >= 15 is 0 Å². The molecule has 3 N–H and O–H groups in total. The number of amides is 1. The average Bonchev–Trinajstić information content (AvgIpc) is 3.13. The lowest BCUT2D eigenvalue weighted by Gasteiger charge is -2.32. The molecule has 0 saturated carbocycles. The molecule has 0 fully saturated rings. The van der Waals surface area contributed by atoms with Gasteiger partial charge in [0.25, 0.3) is 0 Å². The van der Waals surface area contributed by atoms with Gasteiger partial charge in [0.1, 0.15) is 0 Å². The lowest BCUT2D eigenvalue weighted by atomic mass is 9.93. The molecule has 28 heavy (non-hydrogen) atoms. The van der Waals surface area contributed by atoms with E-state index in [-0.39, 0.29) is 41.5 Å². The smallest absolute Gasteiger partial charge is 0.233 e. The van der Waals surface area contributed by atoms with E-state index in [1.165, 1.54) is 11.8 Å². The molecule has 0 aliphatic carbocycles. The van der Waals surface area contributed by atoms with Gasteiger partial charge in [-0.1, -0.05) is 25.4 Å². The van der Waals surface area contributed by atoms with Crippen LogP contribution >= 0.6 is 48.2 Å². The zero-order valence-electron chi connectivity index (χ0n) is 16.2. The number of aromatic nitrogens is 1. The molecule has 1 unspecified atom stereocenters. The predicted molar refractivity (Wildman–Crippen MR) is 123 cm³/mol. The number of carbonyl (C=O) groups excluding carboxylic acids is 1. The van der Waals surface area contributed by atoms with E-state index in [9.17, 15) is 4.79 Å². The Kier molecular flexibility index (Phi) is 12.2. The summed E-state index contributed by atoms with van der Waals surface area (Å²) in [5.41, 5.74) is 6.45. The average molecular weight is 469 g/mol. The van der Waals surface area contributed by atoms with Crippen molar-refractivity contribution in [2.24, 2.45) is 5.73 Å². The van der Waals surface area contributed by atoms with Crippen LogP contribution in [0.2, 0.25) is 5.02 Å². The summed E-state index contributed by atoms with van der Waals surface area (Å²) in [6.07, 6.45) is 3.32. The van der Waals surface area contributed by atoms with Crippen LogP contribution in [0.15, 0.2) is 34.9 Å². The van der Waals surface area contributed by atoms with Gasteiger partial charge in [-0.3, -0.25) is 4.79 Å². The van der Waals surface area contributed by atoms with Crippen LogP contribution in [0.5, 0.6) is 0 Å². The summed E-state index contributed by atoms with van der Waals surface area (Å²) >= 11 is 7.39. The fourth-order valence-electron chi connectivity index (χ4n) is 2.53. The van der Waals surface area contributed by atoms with Gasteiger partial charge in [0.15, 0.2) is 5.76 Å². The minimum Gasteiger partial charge on any atom is -0.440 e. The fraction of sp³-hybridized carbons (Fsp3) is 0.474. The van der Waals surface area contributed by atoms with E-state index in [1.807, 2.05) is 45.0 Å². The lowest BCUT2D eigenvalue weighted by molar-refractivity contribution is -0.122. The molecule has 0 bridgehead atoms. The third kappa shape index (κ3) is 7.16. The van der Waals surface area contributed by atoms with Gasteiger partial charge in [0.05, 0.1) is 22.7 Å². The fourth-order valence-corrected chi connectivity index (χ4v) is 3.39. The molecule has 1 atom stereocenters. The molecule has 0 spiro atoms. The van der Waals surface area contributed by atoms with E-state index in [4.69, 9.17) is 21.8 Å². The summed E-state index contributed by atoms with van der Waals surface area (Å²) in [6, 6.07) is 7.40. The Hall–Kier alpha value is -0.920. The molecular weight excluding hydrogens is 441 g/mol. The third-order valence-electron chi connectivity index (χ3n) is 4.64. The molecule has 0 aliphatic heterocycles. The molecule has 1 aromatic heterocycles. The largest absolute Gasteiger partial charge is 0.440 e. The molecule has 1 aromatic carbocycles. The van der Waals surface area contributed by atoms with Crippen LogP contribution in [-0.2, 0) is 10.5 Å². The Morgan fingerprint density at radius 2 is 1.89 bits per heavy atom. The minimum absolute atomic E-state index is 0. The van der Waals surface area contributed by atoms with Crippen molar-refractivity contribution in [3.8, 4) is 11.3 Å². The van der Waals surface area contributed by atoms with Crippen molar-refractivity contribution in [2.75, 3.05) is 6.54 Å². The second kappa shape index (κ2) is 12.6. The van der Waals surface area contributed by atoms with Crippen molar-refractivity contribution in [2.45, 2.75) is 50.2 Å². The zero-order chi connectivity index (χ0) is 19.2. The number of oxazole rings is 1. The lowest BCUT2D eigenvalue weighted by Crippen LogP contribution is -2.54. The first-order valence-electron chi connectivity index (χ1n) is 8.77. The molecule has 1 amide bonds. The van der Waals surface area contributed by atoms with Crippen LogP contribution in [0.4, 0.5) is 0 Å². The summed E-state index contributed by atoms with van der Waals surface area (Å²) < 4.78 is 5.78. The van der Waals surface area contributed by atoms with Crippen molar-refractivity contribution in [3.05, 3.63) is 41.4 Å². The molecular formula is C19H28Cl3N3O2S. The number of halogens is 3. The maximum atomic E-state index is 12.5. The number of hydrogen-bond acceptors (Lipinski definition) is 5. The Morgan fingerprint density at radius 3 is 2.43 bits per heavy atom. The summed E-state index contributed by atoms with van der Waals surface area (Å²) in [7, 11) is 0. The molecule has 9 heteroatoms. The van der Waals surface area contributed by atoms with Gasteiger partial charge in [-0.25, -0.2) is 4.98 Å². The van der Waals surface area contributed by atoms with E-state index < -0.39 is 0 Å². The third-order valence-corrected chi connectivity index (χ3v) is 6.02. The van der Waals surface area contributed by atoms with E-state index in [0.717, 1.165) is 18.4 Å². The van der Waals surface area contributed by atoms with Crippen molar-refractivity contribution in [1.29, 1.82) is 0 Å². The normalized spacial score (nSPS) is 11.9. The van der Waals surface area contributed by atoms with Crippen LogP contribution in [0.3, 0.4) is 0 Å². The highest BCUT2D eigenvalue weighted by Gasteiger charge is 2.28. The van der Waals surface area contributed by atoms with Gasteiger partial charge >= 0.3 is 0 Å². The Labute approximate surface area is 188 Å². The van der Waals surface area contributed by atoms with Gasteiger partial charge in [-0.15, -0.1) is 36.6 Å². The first-order chi connectivity index (χ1) is 12.4. The van der Waals surface area contributed by atoms with Crippen LogP contribution in [-0.4, -0.2) is 28.2 Å². The number of thioether (sulfide) groups is 1. The summed E-state index contributed by atoms with van der Waals surface area (Å²) in [5.74, 6) is 1.80. The first kappa shape index (κ1) is 27.1. The zero-order valence-corrected chi connectivity index (χ0v) is 19.4. The quantitative estimate of drug-likeness (QED) is 0.535. The van der Waals surface area contributed by atoms with Gasteiger partial charge in [-0.2, -0.15) is 0 Å². The highest BCUT2D eigenvalue weighted by atomic mass is 35.5. The maximum Gasteiger partial charge on any atom is 0.233 e. The number of nitrogens with one attached hydrogen (secondary N) is 1. The van der Waals surface area contributed by atoms with Crippen LogP contribution in [0, 0.1) is 0 Å². The van der Waals surface area contributed by atoms with Gasteiger partial charge < -0.3 is 15.5 Å². The number of nitrogens with two attached hydrogens (primary N) is 1. The molecule has 158 valence electrons. The number of nitrogens with zero attached hydrogens (tertiary/aromatic N) is 1. The van der Waals surface area contributed by atoms with Crippen molar-refractivity contribution >= 4 is 54.1 Å². The summed E-state index contributed by atoms with van der Waals surface area (Å²) in [5, 5.41) is 3.56. The van der Waals surface area contributed by atoms with Crippen molar-refractivity contribution in [1.82, 2.24) is 10.3 Å². The summed E-state index contributed by atoms with van der Waals surface area (Å²) in [6.45, 7) is 6.40. The standard InChI is InChI=1S/C19H26ClN3O2S.2ClH/c1-4-19(5-2,12-21)23-18(24)13(3)26-11-17-22-10-16(25-17)14-6-8-15(20)9-7-14;;/h6-10,13H,4-5,11-12,21H2,1-3H3,(H,23,24);2*1H. The number of benzene rings is 1. The van der Waals surface area contributed by atoms with Crippen LogP contribution in [0.25, 0.3) is 11.3 Å². The molecule has 2 rings (SSSR count). The molecule has 0 aliphatic rings. The Bertz CT molecular complexity index is 713. The van der Waals surface area contributed by atoms with E-state index in [2.05, 4.69) is 10.3 Å². The van der Waals surface area contributed by atoms with Crippen LogP contribution in [0.1, 0.15) is 39.5 Å². The summed E-state index contributed by atoms with van der Waals surface area (Å²) in [4.78, 5) is 16.8. The van der Waals surface area contributed by atoms with Crippen LogP contribution < -0.4 is 11.1 Å². The van der Waals surface area contributed by atoms with Gasteiger partial charge in [0, 0.05) is 17.1 Å². The number of hydrogen-bond donors (Lipinski definition) is 2. The van der Waals surface area contributed by atoms with E-state index in [1.54, 1.807) is 6.20 Å². The highest BCUT2D eigenvalue weighted by molar-refractivity contribution is 7.99. The molecule has 2 aromatic rings. The van der Waals surface area contributed by atoms with E-state index in [0.29, 0.717) is 29.0 Å². The first-order valence-corrected chi connectivity index (χ1v) is 10.2. The number of carbonyl (C=O) groups is 1. The molecule has 1 heterocycles. The molecule has 5 nitrogen and oxygen atoms in total. The maximum absolute atomic E-state index is 12.5. The molecule has 0 saturated heterocycles. The second-order valence-corrected chi connectivity index (χ2v) is 8.02. The minimum atomic E-state index is -0.323. The number of rotatable bonds is 9. The Balaban J connectivity index is 0.00000364. The second-order valence-electron chi connectivity index (χ2n) is 6.26. The monoisotopic (exact) mass is 467 g/mol. The highest BCUT2D eigenvalue weighted by Crippen LogP contribution is 2.25. The Morgan fingerprint density at radius 1 is 1.29 bits per heavy atom. The topological polar surface area (TPSA) is 81.1 Å². The van der Waals surface area contributed by atoms with Crippen molar-refractivity contribution < 1.29 is 9.21 Å². The van der Waals surface area contributed by atoms with Crippen molar-refractivity contribution in [3.63, 3.8) is 0 Å². The van der Waals surface area contributed by atoms with Gasteiger partial charge in [0.2, 0.25) is 11.8 Å². The van der Waals surface area contributed by atoms with Gasteiger partial charge in [-0.05, 0) is 44.0 Å². The molecule has 0 radical (unpaired) electrons. The SMILES string of the molecule is CCC(CC)(CN)NC(=O)C(C)SCc1ncc(-c2ccc(Cl)cc2)o1.Cl.Cl.